The fourth-order valence-corrected chi connectivity index (χ4v) is 3.34. The summed E-state index contributed by atoms with van der Waals surface area (Å²) < 4.78 is 0. The molecule has 3 atom stereocenters. The van der Waals surface area contributed by atoms with Gasteiger partial charge in [-0.05, 0) is 39.0 Å². The zero-order chi connectivity index (χ0) is 14.7. The van der Waals surface area contributed by atoms with E-state index in [1.54, 1.807) is 0 Å². The van der Waals surface area contributed by atoms with E-state index in [0.29, 0.717) is 6.42 Å². The molecule has 3 rings (SSSR count). The van der Waals surface area contributed by atoms with Gasteiger partial charge in [0.25, 0.3) is 0 Å². The van der Waals surface area contributed by atoms with Crippen LogP contribution in [0, 0.1) is 17.8 Å². The first-order valence-electron chi connectivity index (χ1n) is 7.23. The van der Waals surface area contributed by atoms with Gasteiger partial charge in [0, 0.05) is 6.04 Å². The van der Waals surface area contributed by atoms with Crippen molar-refractivity contribution in [2.24, 2.45) is 17.8 Å². The molecule has 2 saturated carbocycles. The Hall–Kier alpha value is -1.43. The molecular formula is C14H20N2O4. The number of carbonyl (C=O) groups excluding carboxylic acids is 2. The van der Waals surface area contributed by atoms with Gasteiger partial charge in [0.1, 0.15) is 5.54 Å². The van der Waals surface area contributed by atoms with E-state index in [1.165, 1.54) is 4.90 Å². The van der Waals surface area contributed by atoms with Crippen LogP contribution in [0.2, 0.25) is 0 Å². The summed E-state index contributed by atoms with van der Waals surface area (Å²) in [6, 6.07) is -0.0194. The second-order valence-corrected chi connectivity index (χ2v) is 6.56. The topological polar surface area (TPSA) is 86.7 Å². The molecule has 2 amide bonds. The quantitative estimate of drug-likeness (QED) is 0.680. The highest BCUT2D eigenvalue weighted by atomic mass is 16.4. The number of hydrogen-bond donors (Lipinski definition) is 2. The summed E-state index contributed by atoms with van der Waals surface area (Å²) in [7, 11) is 0. The molecule has 0 aromatic heterocycles. The lowest BCUT2D eigenvalue weighted by Crippen LogP contribution is -2.63. The summed E-state index contributed by atoms with van der Waals surface area (Å²) in [6.45, 7) is 3.73. The third-order valence-corrected chi connectivity index (χ3v) is 4.57. The molecule has 2 aliphatic carbocycles. The number of imide groups is 1. The number of nitrogens with one attached hydrogen (secondary N) is 1. The molecule has 1 saturated heterocycles. The van der Waals surface area contributed by atoms with Crippen molar-refractivity contribution >= 4 is 17.8 Å². The molecule has 110 valence electrons. The number of carbonyl (C=O) groups is 3. The number of aliphatic carboxylic acids is 1. The summed E-state index contributed by atoms with van der Waals surface area (Å²) >= 11 is 0. The van der Waals surface area contributed by atoms with E-state index < -0.39 is 11.5 Å². The van der Waals surface area contributed by atoms with Gasteiger partial charge >= 0.3 is 5.97 Å². The molecule has 2 N–H and O–H groups in total. The van der Waals surface area contributed by atoms with Gasteiger partial charge in [-0.15, -0.1) is 0 Å². The molecule has 3 aliphatic rings. The van der Waals surface area contributed by atoms with Gasteiger partial charge < -0.3 is 5.11 Å². The Kier molecular flexibility index (Phi) is 2.90. The first kappa shape index (κ1) is 13.5. The third kappa shape index (κ3) is 1.93. The number of piperidine rings is 1. The van der Waals surface area contributed by atoms with Crippen LogP contribution in [0.3, 0.4) is 0 Å². The zero-order valence-electron chi connectivity index (χ0n) is 11.8. The van der Waals surface area contributed by atoms with Crippen molar-refractivity contribution < 1.29 is 19.5 Å². The number of carboxylic acid groups (broad SMARTS) is 1. The third-order valence-electron chi connectivity index (χ3n) is 4.57. The Morgan fingerprint density at radius 3 is 2.30 bits per heavy atom. The molecule has 3 fully saturated rings. The van der Waals surface area contributed by atoms with E-state index in [4.69, 9.17) is 0 Å². The van der Waals surface area contributed by atoms with Gasteiger partial charge in [0.05, 0.1) is 18.4 Å². The SMILES string of the molecule is CC(C)NC(CN1C(=O)C2CC2C1=O)(C(=O)O)C1CC1. The molecule has 3 unspecified atom stereocenters. The van der Waals surface area contributed by atoms with Crippen LogP contribution in [0.15, 0.2) is 0 Å². The fraction of sp³-hybridized carbons (Fsp3) is 0.786. The van der Waals surface area contributed by atoms with Gasteiger partial charge in [-0.25, -0.2) is 0 Å². The molecule has 0 aromatic carbocycles. The Labute approximate surface area is 117 Å². The maximum absolute atomic E-state index is 12.1. The van der Waals surface area contributed by atoms with Crippen molar-refractivity contribution in [1.82, 2.24) is 10.2 Å². The number of carboxylic acids is 1. The number of rotatable bonds is 6. The predicted octanol–water partition coefficient (Wildman–Crippen LogP) is 0.223. The van der Waals surface area contributed by atoms with Crippen LogP contribution in [-0.4, -0.2) is 45.9 Å². The van der Waals surface area contributed by atoms with Crippen LogP contribution < -0.4 is 5.32 Å². The normalized spacial score (nSPS) is 31.4. The first-order chi connectivity index (χ1) is 9.36. The Morgan fingerprint density at radius 2 is 1.90 bits per heavy atom. The monoisotopic (exact) mass is 280 g/mol. The molecule has 1 heterocycles. The maximum Gasteiger partial charge on any atom is 0.326 e. The highest BCUT2D eigenvalue weighted by Crippen LogP contribution is 2.49. The summed E-state index contributed by atoms with van der Waals surface area (Å²) in [5.74, 6) is -1.68. The first-order valence-corrected chi connectivity index (χ1v) is 7.23. The van der Waals surface area contributed by atoms with Crippen LogP contribution in [0.25, 0.3) is 0 Å². The van der Waals surface area contributed by atoms with Crippen LogP contribution in [0.4, 0.5) is 0 Å². The van der Waals surface area contributed by atoms with Gasteiger partial charge in [0.15, 0.2) is 0 Å². The lowest BCUT2D eigenvalue weighted by molar-refractivity contribution is -0.151. The van der Waals surface area contributed by atoms with Gasteiger partial charge in [0.2, 0.25) is 11.8 Å². The smallest absolute Gasteiger partial charge is 0.326 e. The molecule has 20 heavy (non-hydrogen) atoms. The average Bonchev–Trinajstić information content (AvgIpc) is 3.24. The average molecular weight is 280 g/mol. The molecule has 6 nitrogen and oxygen atoms in total. The minimum Gasteiger partial charge on any atom is -0.480 e. The summed E-state index contributed by atoms with van der Waals surface area (Å²) in [6.07, 6.45) is 2.31. The minimum atomic E-state index is -1.18. The number of nitrogens with zero attached hydrogens (tertiary/aromatic N) is 1. The highest BCUT2D eigenvalue weighted by Gasteiger charge is 2.62. The van der Waals surface area contributed by atoms with E-state index >= 15 is 0 Å². The number of likely N-dealkylation sites (tertiary alicyclic amines) is 1. The Bertz CT molecular complexity index is 466. The van der Waals surface area contributed by atoms with Gasteiger partial charge in [-0.2, -0.15) is 0 Å². The summed E-state index contributed by atoms with van der Waals surface area (Å²) in [4.78, 5) is 37.1. The molecule has 0 aromatic rings. The fourth-order valence-electron chi connectivity index (χ4n) is 3.34. The lowest BCUT2D eigenvalue weighted by Gasteiger charge is -2.36. The van der Waals surface area contributed by atoms with E-state index in [2.05, 4.69) is 5.32 Å². The molecule has 0 spiro atoms. The molecule has 6 heteroatoms. The zero-order valence-corrected chi connectivity index (χ0v) is 11.8. The highest BCUT2D eigenvalue weighted by molar-refractivity contribution is 6.09. The molecule has 0 radical (unpaired) electrons. The Morgan fingerprint density at radius 1 is 1.35 bits per heavy atom. The van der Waals surface area contributed by atoms with Crippen LogP contribution >= 0.6 is 0 Å². The summed E-state index contributed by atoms with van der Waals surface area (Å²) in [5, 5.41) is 12.8. The standard InChI is InChI=1S/C14H20N2O4/c1-7(2)15-14(13(19)20,8-3-4-8)6-16-11(17)9-5-10(9)12(16)18/h7-10,15H,3-6H2,1-2H3,(H,19,20). The lowest BCUT2D eigenvalue weighted by atomic mass is 9.91. The molecular weight excluding hydrogens is 260 g/mol. The second-order valence-electron chi connectivity index (χ2n) is 6.56. The number of fused-ring (bicyclic) bond motifs is 1. The molecule has 1 aliphatic heterocycles. The van der Waals surface area contributed by atoms with Crippen molar-refractivity contribution in [3.8, 4) is 0 Å². The van der Waals surface area contributed by atoms with E-state index in [0.717, 1.165) is 12.8 Å². The largest absolute Gasteiger partial charge is 0.480 e. The van der Waals surface area contributed by atoms with E-state index in [9.17, 15) is 19.5 Å². The van der Waals surface area contributed by atoms with E-state index in [1.807, 2.05) is 13.8 Å². The predicted molar refractivity (Wildman–Crippen MR) is 69.7 cm³/mol. The van der Waals surface area contributed by atoms with Crippen LogP contribution in [0.1, 0.15) is 33.1 Å². The van der Waals surface area contributed by atoms with Crippen molar-refractivity contribution in [3.05, 3.63) is 0 Å². The van der Waals surface area contributed by atoms with E-state index in [-0.39, 0.29) is 42.2 Å². The second kappa shape index (κ2) is 4.28. The van der Waals surface area contributed by atoms with Gasteiger partial charge in [-0.1, -0.05) is 0 Å². The van der Waals surface area contributed by atoms with Crippen molar-refractivity contribution in [2.75, 3.05) is 6.54 Å². The number of amides is 2. The van der Waals surface area contributed by atoms with Crippen molar-refractivity contribution in [3.63, 3.8) is 0 Å². The van der Waals surface area contributed by atoms with Crippen molar-refractivity contribution in [2.45, 2.75) is 44.7 Å². The van der Waals surface area contributed by atoms with Crippen LogP contribution in [0.5, 0.6) is 0 Å². The summed E-state index contributed by atoms with van der Waals surface area (Å²) in [5.41, 5.74) is -1.18. The van der Waals surface area contributed by atoms with Gasteiger partial charge in [-0.3, -0.25) is 24.6 Å². The number of hydrogen-bond acceptors (Lipinski definition) is 4. The van der Waals surface area contributed by atoms with Crippen molar-refractivity contribution in [1.29, 1.82) is 0 Å². The van der Waals surface area contributed by atoms with Crippen LogP contribution in [-0.2, 0) is 14.4 Å². The minimum absolute atomic E-state index is 0.0000680. The maximum atomic E-state index is 12.1. The molecule has 0 bridgehead atoms. The Balaban J connectivity index is 1.84.